The maximum atomic E-state index is 12.5. The Balaban J connectivity index is 2.92. The third-order valence-electron chi connectivity index (χ3n) is 4.07. The van der Waals surface area contributed by atoms with Crippen LogP contribution in [0.5, 0.6) is 0 Å². The van der Waals surface area contributed by atoms with Gasteiger partial charge in [0.25, 0.3) is 0 Å². The van der Waals surface area contributed by atoms with Crippen LogP contribution in [0.1, 0.15) is 39.1 Å². The summed E-state index contributed by atoms with van der Waals surface area (Å²) in [5.41, 5.74) is 1.77. The van der Waals surface area contributed by atoms with Crippen LogP contribution in [0.2, 0.25) is 0 Å². The largest absolute Gasteiger partial charge is 0.323 e. The fourth-order valence-corrected chi connectivity index (χ4v) is 5.51. The minimum absolute atomic E-state index is 0.566. The minimum atomic E-state index is -2.12. The van der Waals surface area contributed by atoms with Crippen molar-refractivity contribution >= 4 is 14.3 Å². The molecule has 114 valence electrons. The molecule has 20 heavy (non-hydrogen) atoms. The molecule has 0 unspecified atom stereocenters. The first-order chi connectivity index (χ1) is 9.40. The highest BCUT2D eigenvalue weighted by Crippen LogP contribution is 2.49. The van der Waals surface area contributed by atoms with Crippen molar-refractivity contribution in [2.45, 2.75) is 40.0 Å². The van der Waals surface area contributed by atoms with Crippen molar-refractivity contribution in [1.29, 1.82) is 0 Å². The SMILES string of the molecule is CCP(=O)(CC)Cc1cccc(CP(=O)(CC)CC)n1. The maximum Gasteiger partial charge on any atom is 0.0929 e. The summed E-state index contributed by atoms with van der Waals surface area (Å²) in [6, 6.07) is 5.82. The predicted molar refractivity (Wildman–Crippen MR) is 89.0 cm³/mol. The minimum Gasteiger partial charge on any atom is -0.323 e. The molecule has 0 bridgehead atoms. The van der Waals surface area contributed by atoms with Gasteiger partial charge in [-0.25, -0.2) is 0 Å². The van der Waals surface area contributed by atoms with Gasteiger partial charge in [0.05, 0.1) is 14.3 Å². The van der Waals surface area contributed by atoms with Gasteiger partial charge in [0.1, 0.15) is 0 Å². The quantitative estimate of drug-likeness (QED) is 0.642. The zero-order chi connectivity index (χ0) is 15.2. The molecule has 0 aliphatic heterocycles. The summed E-state index contributed by atoms with van der Waals surface area (Å²) < 4.78 is 25.1. The molecule has 3 nitrogen and oxygen atoms in total. The first-order valence-electron chi connectivity index (χ1n) is 7.49. The maximum absolute atomic E-state index is 12.5. The predicted octanol–water partition coefficient (Wildman–Crippen LogP) is 4.89. The zero-order valence-corrected chi connectivity index (χ0v) is 14.9. The average Bonchev–Trinajstić information content (AvgIpc) is 2.47. The lowest BCUT2D eigenvalue weighted by Crippen LogP contribution is -2.01. The molecule has 0 aliphatic carbocycles. The molecule has 5 heteroatoms. The Hall–Kier alpha value is -0.390. The lowest BCUT2D eigenvalue weighted by atomic mass is 10.3. The summed E-state index contributed by atoms with van der Waals surface area (Å²) >= 11 is 0. The number of pyridine rings is 1. The lowest BCUT2D eigenvalue weighted by molar-refractivity contribution is 0.575. The highest BCUT2D eigenvalue weighted by molar-refractivity contribution is 7.63. The number of aromatic nitrogens is 1. The molecule has 0 N–H and O–H groups in total. The first kappa shape index (κ1) is 17.7. The van der Waals surface area contributed by atoms with Gasteiger partial charge in [-0.3, -0.25) is 4.98 Å². The molecule has 0 amide bonds. The first-order valence-corrected chi connectivity index (χ1v) is 12.0. The van der Waals surface area contributed by atoms with Gasteiger partial charge in [0.2, 0.25) is 0 Å². The average molecular weight is 315 g/mol. The van der Waals surface area contributed by atoms with Crippen molar-refractivity contribution in [3.8, 4) is 0 Å². The molecule has 0 aromatic carbocycles. The third-order valence-corrected chi connectivity index (χ3v) is 10.5. The molecule has 0 aliphatic rings. The molecule has 0 spiro atoms. The van der Waals surface area contributed by atoms with Crippen LogP contribution in [0.25, 0.3) is 0 Å². The summed E-state index contributed by atoms with van der Waals surface area (Å²) in [5.74, 6) is 0. The van der Waals surface area contributed by atoms with Gasteiger partial charge in [-0.15, -0.1) is 0 Å². The Labute approximate surface area is 123 Å². The van der Waals surface area contributed by atoms with Crippen LogP contribution in [0.4, 0.5) is 0 Å². The summed E-state index contributed by atoms with van der Waals surface area (Å²) in [6.45, 7) is 7.93. The molecule has 1 aromatic heterocycles. The number of nitrogens with zero attached hydrogens (tertiary/aromatic N) is 1. The number of hydrogen-bond donors (Lipinski definition) is 0. The lowest BCUT2D eigenvalue weighted by Gasteiger charge is -2.16. The molecule has 0 radical (unpaired) electrons. The van der Waals surface area contributed by atoms with Gasteiger partial charge >= 0.3 is 0 Å². The van der Waals surface area contributed by atoms with Crippen molar-refractivity contribution < 1.29 is 9.13 Å². The van der Waals surface area contributed by atoms with E-state index in [4.69, 9.17) is 0 Å². The second-order valence-electron chi connectivity index (χ2n) is 5.32. The van der Waals surface area contributed by atoms with Gasteiger partial charge in [-0.05, 0) is 36.8 Å². The highest BCUT2D eigenvalue weighted by atomic mass is 31.2. The van der Waals surface area contributed by atoms with Crippen LogP contribution in [-0.2, 0) is 21.5 Å². The van der Waals surface area contributed by atoms with Crippen LogP contribution in [0.15, 0.2) is 18.2 Å². The monoisotopic (exact) mass is 315 g/mol. The Morgan fingerprint density at radius 1 is 0.800 bits per heavy atom. The summed E-state index contributed by atoms with van der Waals surface area (Å²) in [7, 11) is -4.24. The van der Waals surface area contributed by atoms with Gasteiger partial charge in [0.15, 0.2) is 0 Å². The number of hydrogen-bond acceptors (Lipinski definition) is 3. The van der Waals surface area contributed by atoms with Crippen molar-refractivity contribution in [2.24, 2.45) is 0 Å². The Bertz CT molecular complexity index is 469. The summed E-state index contributed by atoms with van der Waals surface area (Å²) in [5, 5.41) is 0. The second-order valence-corrected chi connectivity index (χ2v) is 12.7. The van der Waals surface area contributed by atoms with Gasteiger partial charge < -0.3 is 9.13 Å². The topological polar surface area (TPSA) is 47.0 Å². The van der Waals surface area contributed by atoms with Gasteiger partial charge in [-0.1, -0.05) is 33.8 Å². The smallest absolute Gasteiger partial charge is 0.0929 e. The Morgan fingerprint density at radius 3 is 1.45 bits per heavy atom. The van der Waals surface area contributed by atoms with E-state index in [2.05, 4.69) is 4.98 Å². The van der Waals surface area contributed by atoms with E-state index in [0.29, 0.717) is 12.3 Å². The van der Waals surface area contributed by atoms with E-state index in [1.807, 2.05) is 45.9 Å². The van der Waals surface area contributed by atoms with Gasteiger partial charge in [-0.2, -0.15) is 0 Å². The van der Waals surface area contributed by atoms with Crippen LogP contribution >= 0.6 is 14.3 Å². The zero-order valence-electron chi connectivity index (χ0n) is 13.1. The van der Waals surface area contributed by atoms with Crippen molar-refractivity contribution in [1.82, 2.24) is 4.98 Å². The molecule has 0 atom stereocenters. The summed E-state index contributed by atoms with van der Waals surface area (Å²) in [6.07, 6.45) is 4.01. The molecule has 1 rings (SSSR count). The Kier molecular flexibility index (Phi) is 6.69. The van der Waals surface area contributed by atoms with Gasteiger partial charge in [0, 0.05) is 23.7 Å². The molecule has 1 aromatic rings. The fourth-order valence-electron chi connectivity index (χ4n) is 2.19. The molecule has 0 fully saturated rings. The molecular formula is C15H27NO2P2. The summed E-state index contributed by atoms with van der Waals surface area (Å²) in [4.78, 5) is 4.59. The number of rotatable bonds is 8. The van der Waals surface area contributed by atoms with Crippen LogP contribution < -0.4 is 0 Å². The van der Waals surface area contributed by atoms with E-state index in [1.54, 1.807) is 0 Å². The van der Waals surface area contributed by atoms with Crippen molar-refractivity contribution in [2.75, 3.05) is 24.6 Å². The molecule has 0 saturated carbocycles. The Morgan fingerprint density at radius 2 is 1.15 bits per heavy atom. The van der Waals surface area contributed by atoms with E-state index >= 15 is 0 Å². The van der Waals surface area contributed by atoms with Crippen molar-refractivity contribution in [3.05, 3.63) is 29.6 Å². The van der Waals surface area contributed by atoms with Crippen LogP contribution in [0, 0.1) is 0 Å². The van der Waals surface area contributed by atoms with Crippen LogP contribution in [-0.4, -0.2) is 29.6 Å². The van der Waals surface area contributed by atoms with E-state index in [-0.39, 0.29) is 0 Å². The standard InChI is InChI=1S/C15H27NO2P2/c1-5-19(17,6-2)12-14-10-9-11-15(16-14)13-20(18,7-3)8-4/h9-11H,5-8,12-13H2,1-4H3. The third kappa shape index (κ3) is 4.86. The van der Waals surface area contributed by atoms with E-state index in [1.165, 1.54) is 0 Å². The highest BCUT2D eigenvalue weighted by Gasteiger charge is 2.21. The van der Waals surface area contributed by atoms with E-state index in [0.717, 1.165) is 36.0 Å². The molecular weight excluding hydrogens is 288 g/mol. The fraction of sp³-hybridized carbons (Fsp3) is 0.667. The van der Waals surface area contributed by atoms with E-state index in [9.17, 15) is 9.13 Å². The van der Waals surface area contributed by atoms with E-state index < -0.39 is 14.3 Å². The molecule has 0 saturated heterocycles. The second kappa shape index (κ2) is 7.57. The van der Waals surface area contributed by atoms with Crippen LogP contribution in [0.3, 0.4) is 0 Å². The van der Waals surface area contributed by atoms with Crippen molar-refractivity contribution in [3.63, 3.8) is 0 Å². The normalized spacial score (nSPS) is 12.6. The molecule has 1 heterocycles.